The molecule has 8 heteroatoms. The zero-order valence-electron chi connectivity index (χ0n) is 14.5. The second-order valence-corrected chi connectivity index (χ2v) is 5.77. The van der Waals surface area contributed by atoms with Gasteiger partial charge in [-0.05, 0) is 31.0 Å². The minimum atomic E-state index is -0.363. The molecule has 8 nitrogen and oxygen atoms in total. The van der Waals surface area contributed by atoms with Gasteiger partial charge in [-0.2, -0.15) is 0 Å². The van der Waals surface area contributed by atoms with Crippen LogP contribution in [0.4, 0.5) is 0 Å². The summed E-state index contributed by atoms with van der Waals surface area (Å²) in [6.45, 7) is 0.868. The van der Waals surface area contributed by atoms with Gasteiger partial charge in [-0.1, -0.05) is 0 Å². The van der Waals surface area contributed by atoms with Gasteiger partial charge >= 0.3 is 0 Å². The molecule has 1 aliphatic rings. The molecule has 0 bridgehead atoms. The smallest absolute Gasteiger partial charge is 0.251 e. The number of amides is 1. The largest absolute Gasteiger partial charge is 0.493 e. The molecule has 1 fully saturated rings. The van der Waals surface area contributed by atoms with Gasteiger partial charge in [-0.3, -0.25) is 4.79 Å². The molecule has 0 radical (unpaired) electrons. The van der Waals surface area contributed by atoms with E-state index in [0.717, 1.165) is 12.8 Å². The van der Waals surface area contributed by atoms with Crippen molar-refractivity contribution in [3.05, 3.63) is 24.1 Å². The topological polar surface area (TPSA) is 86.9 Å². The van der Waals surface area contributed by atoms with Crippen LogP contribution in [0.5, 0.6) is 11.5 Å². The maximum absolute atomic E-state index is 12.3. The monoisotopic (exact) mass is 347 g/mol. The Morgan fingerprint density at radius 3 is 2.76 bits per heavy atom. The Hall–Kier alpha value is -2.61. The van der Waals surface area contributed by atoms with E-state index in [-0.39, 0.29) is 18.6 Å². The number of likely N-dealkylation sites (N-methyl/N-ethyl adjacent to an activating group) is 1. The van der Waals surface area contributed by atoms with Gasteiger partial charge in [0.05, 0.1) is 20.8 Å². The van der Waals surface area contributed by atoms with Gasteiger partial charge in [0.2, 0.25) is 11.8 Å². The van der Waals surface area contributed by atoms with Crippen LogP contribution in [0.15, 0.2) is 22.6 Å². The average Bonchev–Trinajstić information content (AvgIpc) is 3.32. The molecule has 134 valence electrons. The molecular weight excluding hydrogens is 326 g/mol. The van der Waals surface area contributed by atoms with Crippen LogP contribution in [0, 0.1) is 0 Å². The summed E-state index contributed by atoms with van der Waals surface area (Å²) in [5.41, 5.74) is 0.713. The minimum Gasteiger partial charge on any atom is -0.493 e. The molecule has 1 aromatic heterocycles. The third-order valence-corrected chi connectivity index (χ3v) is 4.05. The van der Waals surface area contributed by atoms with Crippen LogP contribution >= 0.6 is 0 Å². The summed E-state index contributed by atoms with van der Waals surface area (Å²) in [5, 5.41) is 8.06. The van der Waals surface area contributed by atoms with Crippen molar-refractivity contribution in [3.8, 4) is 23.0 Å². The van der Waals surface area contributed by atoms with E-state index in [1.807, 2.05) is 0 Å². The number of nitrogens with zero attached hydrogens (tertiary/aromatic N) is 3. The van der Waals surface area contributed by atoms with Crippen LogP contribution in [-0.2, 0) is 16.1 Å². The molecule has 2 aromatic rings. The van der Waals surface area contributed by atoms with Crippen molar-refractivity contribution >= 4 is 5.91 Å². The molecule has 25 heavy (non-hydrogen) atoms. The van der Waals surface area contributed by atoms with Crippen molar-refractivity contribution in [3.63, 3.8) is 0 Å². The normalized spacial score (nSPS) is 16.7. The third-order valence-electron chi connectivity index (χ3n) is 4.05. The second-order valence-electron chi connectivity index (χ2n) is 5.77. The molecule has 1 amide bonds. The van der Waals surface area contributed by atoms with Crippen LogP contribution in [0.1, 0.15) is 18.7 Å². The molecule has 0 N–H and O–H groups in total. The highest BCUT2D eigenvalue weighted by atomic mass is 16.5. The summed E-state index contributed by atoms with van der Waals surface area (Å²) in [7, 11) is 4.83. The van der Waals surface area contributed by atoms with E-state index in [1.165, 1.54) is 0 Å². The van der Waals surface area contributed by atoms with Crippen LogP contribution in [0.25, 0.3) is 11.5 Å². The summed E-state index contributed by atoms with van der Waals surface area (Å²) in [6.07, 6.45) is 1.30. The third kappa shape index (κ3) is 3.74. The molecule has 2 heterocycles. The Balaban J connectivity index is 1.70. The van der Waals surface area contributed by atoms with Crippen LogP contribution in [0.2, 0.25) is 0 Å². The molecule has 0 aliphatic carbocycles. The second kappa shape index (κ2) is 7.52. The van der Waals surface area contributed by atoms with Crippen molar-refractivity contribution in [1.29, 1.82) is 0 Å². The predicted molar refractivity (Wildman–Crippen MR) is 88.3 cm³/mol. The van der Waals surface area contributed by atoms with Gasteiger partial charge in [0.25, 0.3) is 5.91 Å². The molecule has 1 saturated heterocycles. The van der Waals surface area contributed by atoms with E-state index in [0.29, 0.717) is 35.5 Å². The number of hydrogen-bond donors (Lipinski definition) is 0. The highest BCUT2D eigenvalue weighted by Gasteiger charge is 2.27. The molecular formula is C17H21N3O5. The minimum absolute atomic E-state index is 0.0663. The Morgan fingerprint density at radius 2 is 2.08 bits per heavy atom. The van der Waals surface area contributed by atoms with E-state index >= 15 is 0 Å². The van der Waals surface area contributed by atoms with E-state index in [2.05, 4.69) is 10.2 Å². The fourth-order valence-electron chi connectivity index (χ4n) is 2.70. The van der Waals surface area contributed by atoms with Gasteiger partial charge in [0.1, 0.15) is 6.10 Å². The first-order valence-electron chi connectivity index (χ1n) is 8.03. The van der Waals surface area contributed by atoms with Crippen molar-refractivity contribution < 1.29 is 23.4 Å². The maximum atomic E-state index is 12.3. The summed E-state index contributed by atoms with van der Waals surface area (Å²) in [6, 6.07) is 5.34. The van der Waals surface area contributed by atoms with E-state index in [9.17, 15) is 4.79 Å². The molecule has 1 aliphatic heterocycles. The Bertz CT molecular complexity index is 740. The first kappa shape index (κ1) is 17.2. The van der Waals surface area contributed by atoms with E-state index in [4.69, 9.17) is 18.6 Å². The first-order valence-corrected chi connectivity index (χ1v) is 8.03. The zero-order chi connectivity index (χ0) is 17.8. The maximum Gasteiger partial charge on any atom is 0.251 e. The van der Waals surface area contributed by atoms with Gasteiger partial charge in [0, 0.05) is 19.2 Å². The Morgan fingerprint density at radius 1 is 1.28 bits per heavy atom. The molecule has 0 unspecified atom stereocenters. The quantitative estimate of drug-likeness (QED) is 0.788. The molecule has 1 atom stereocenters. The lowest BCUT2D eigenvalue weighted by atomic mass is 10.2. The highest BCUT2D eigenvalue weighted by molar-refractivity contribution is 5.80. The van der Waals surface area contributed by atoms with Crippen molar-refractivity contribution in [1.82, 2.24) is 15.1 Å². The predicted octanol–water partition coefficient (Wildman–Crippen LogP) is 1.89. The summed E-state index contributed by atoms with van der Waals surface area (Å²) in [5.74, 6) is 1.84. The number of benzene rings is 1. The lowest BCUT2D eigenvalue weighted by Gasteiger charge is -2.18. The van der Waals surface area contributed by atoms with Gasteiger partial charge in [-0.15, -0.1) is 10.2 Å². The molecule has 0 saturated carbocycles. The summed E-state index contributed by atoms with van der Waals surface area (Å²) >= 11 is 0. The number of hydrogen-bond acceptors (Lipinski definition) is 7. The standard InChI is InChI=1S/C17H21N3O5/c1-20(17(21)13-5-4-8-24-13)10-15-18-19-16(25-15)11-6-7-12(22-2)14(9-11)23-3/h6-7,9,13H,4-5,8,10H2,1-3H3/t13-/m1/s1. The number of carbonyl (C=O) groups excluding carboxylic acids is 1. The fraction of sp³-hybridized carbons (Fsp3) is 0.471. The lowest BCUT2D eigenvalue weighted by molar-refractivity contribution is -0.140. The number of rotatable bonds is 6. The SMILES string of the molecule is COc1ccc(-c2nnc(CN(C)C(=O)[C@H]3CCCO3)o2)cc1OC. The lowest BCUT2D eigenvalue weighted by Crippen LogP contribution is -2.35. The van der Waals surface area contributed by atoms with Crippen LogP contribution in [-0.4, -0.2) is 55.0 Å². The van der Waals surface area contributed by atoms with Gasteiger partial charge in [0.15, 0.2) is 11.5 Å². The summed E-state index contributed by atoms with van der Waals surface area (Å²) in [4.78, 5) is 13.8. The number of carbonyl (C=O) groups is 1. The molecule has 1 aromatic carbocycles. The van der Waals surface area contributed by atoms with Crippen LogP contribution in [0.3, 0.4) is 0 Å². The van der Waals surface area contributed by atoms with Crippen molar-refractivity contribution in [2.24, 2.45) is 0 Å². The highest BCUT2D eigenvalue weighted by Crippen LogP contribution is 2.31. The summed E-state index contributed by atoms with van der Waals surface area (Å²) < 4.78 is 21.6. The van der Waals surface area contributed by atoms with Gasteiger partial charge < -0.3 is 23.5 Å². The Labute approximate surface area is 145 Å². The molecule has 0 spiro atoms. The van der Waals surface area contributed by atoms with Crippen molar-refractivity contribution in [2.75, 3.05) is 27.9 Å². The number of ether oxygens (including phenoxy) is 3. The number of methoxy groups -OCH3 is 2. The Kier molecular flexibility index (Phi) is 5.18. The van der Waals surface area contributed by atoms with Gasteiger partial charge in [-0.25, -0.2) is 0 Å². The van der Waals surface area contributed by atoms with E-state index in [1.54, 1.807) is 44.4 Å². The first-order chi connectivity index (χ1) is 12.1. The number of aromatic nitrogens is 2. The molecule has 3 rings (SSSR count). The average molecular weight is 347 g/mol. The van der Waals surface area contributed by atoms with E-state index < -0.39 is 0 Å². The van der Waals surface area contributed by atoms with Crippen molar-refractivity contribution in [2.45, 2.75) is 25.5 Å². The van der Waals surface area contributed by atoms with Crippen LogP contribution < -0.4 is 9.47 Å². The fourth-order valence-corrected chi connectivity index (χ4v) is 2.70. The zero-order valence-corrected chi connectivity index (χ0v) is 14.5.